The number of aliphatic imine (C=N–C) groups is 1. The van der Waals surface area contributed by atoms with Crippen LogP contribution in [0.1, 0.15) is 45.1 Å². The first-order chi connectivity index (χ1) is 13.6. The summed E-state index contributed by atoms with van der Waals surface area (Å²) in [6, 6.07) is 8.79. The number of nitrogens with zero attached hydrogens (tertiary/aromatic N) is 3. The Morgan fingerprint density at radius 1 is 1.07 bits per heavy atom. The van der Waals surface area contributed by atoms with Crippen LogP contribution in [0.2, 0.25) is 0 Å². The van der Waals surface area contributed by atoms with E-state index >= 15 is 0 Å². The molecule has 3 rings (SSSR count). The molecule has 0 bridgehead atoms. The number of benzene rings is 1. The number of halogens is 1. The van der Waals surface area contributed by atoms with Gasteiger partial charge in [-0.25, -0.2) is 0 Å². The zero-order valence-electron chi connectivity index (χ0n) is 18.0. The molecule has 0 aliphatic carbocycles. The molecule has 0 radical (unpaired) electrons. The van der Waals surface area contributed by atoms with E-state index in [0.29, 0.717) is 24.9 Å². The number of carbonyl (C=O) groups excluding carboxylic acids is 1. The third-order valence-electron chi connectivity index (χ3n) is 5.86. The molecular formula is C22H36IN5O. The van der Waals surface area contributed by atoms with Gasteiger partial charge in [-0.05, 0) is 56.0 Å². The monoisotopic (exact) mass is 513 g/mol. The largest absolute Gasteiger partial charge is 0.355 e. The molecule has 2 heterocycles. The van der Waals surface area contributed by atoms with Crippen LogP contribution in [0.25, 0.3) is 0 Å². The second kappa shape index (κ2) is 11.7. The van der Waals surface area contributed by atoms with E-state index in [2.05, 4.69) is 46.5 Å². The lowest BCUT2D eigenvalue weighted by atomic mass is 10.0. The van der Waals surface area contributed by atoms with Crippen molar-refractivity contribution in [2.45, 2.75) is 52.1 Å². The highest BCUT2D eigenvalue weighted by atomic mass is 127. The molecule has 2 saturated heterocycles. The van der Waals surface area contributed by atoms with Gasteiger partial charge in [-0.2, -0.15) is 0 Å². The van der Waals surface area contributed by atoms with Crippen LogP contribution in [0.15, 0.2) is 29.3 Å². The van der Waals surface area contributed by atoms with E-state index in [1.807, 2.05) is 24.1 Å². The number of anilines is 1. The van der Waals surface area contributed by atoms with Crippen LogP contribution in [-0.4, -0.2) is 56.0 Å². The average Bonchev–Trinajstić information content (AvgIpc) is 3.36. The summed E-state index contributed by atoms with van der Waals surface area (Å²) < 4.78 is 0. The Morgan fingerprint density at radius 2 is 1.76 bits per heavy atom. The van der Waals surface area contributed by atoms with Crippen molar-refractivity contribution in [3.8, 4) is 0 Å². The lowest BCUT2D eigenvalue weighted by Crippen LogP contribution is -2.48. The van der Waals surface area contributed by atoms with Crippen LogP contribution in [0, 0.1) is 5.92 Å². The first kappa shape index (κ1) is 23.9. The summed E-state index contributed by atoms with van der Waals surface area (Å²) in [7, 11) is 1.82. The van der Waals surface area contributed by atoms with Crippen molar-refractivity contribution in [3.05, 3.63) is 29.8 Å². The quantitative estimate of drug-likeness (QED) is 0.334. The van der Waals surface area contributed by atoms with Crippen LogP contribution in [0.4, 0.5) is 5.69 Å². The average molecular weight is 513 g/mol. The molecule has 2 fully saturated rings. The molecule has 7 heteroatoms. The van der Waals surface area contributed by atoms with E-state index in [0.717, 1.165) is 31.2 Å². The number of carbonyl (C=O) groups is 1. The number of likely N-dealkylation sites (tertiary alicyclic amines) is 1. The SMILES string of the molecule is CN=C(NCc1ccc(N2CCCC2=O)cc1)NCC(C(C)C)N1CCCC1.I. The lowest BCUT2D eigenvalue weighted by molar-refractivity contribution is -0.117. The van der Waals surface area contributed by atoms with Crippen molar-refractivity contribution in [1.82, 2.24) is 15.5 Å². The van der Waals surface area contributed by atoms with Crippen molar-refractivity contribution in [2.24, 2.45) is 10.9 Å². The number of guanidine groups is 1. The molecule has 0 aromatic heterocycles. The summed E-state index contributed by atoms with van der Waals surface area (Å²) in [6.07, 6.45) is 4.25. The maximum atomic E-state index is 11.9. The Kier molecular flexibility index (Phi) is 9.68. The summed E-state index contributed by atoms with van der Waals surface area (Å²) in [5, 5.41) is 6.91. The Labute approximate surface area is 192 Å². The van der Waals surface area contributed by atoms with Gasteiger partial charge in [0, 0.05) is 44.8 Å². The molecule has 1 amide bonds. The third kappa shape index (κ3) is 6.57. The van der Waals surface area contributed by atoms with Crippen LogP contribution >= 0.6 is 24.0 Å². The zero-order valence-corrected chi connectivity index (χ0v) is 20.3. The van der Waals surface area contributed by atoms with E-state index in [1.165, 1.54) is 31.5 Å². The molecule has 2 aliphatic rings. The fourth-order valence-electron chi connectivity index (χ4n) is 4.18. The number of rotatable bonds is 7. The number of hydrogen-bond donors (Lipinski definition) is 2. The Bertz CT molecular complexity index is 670. The van der Waals surface area contributed by atoms with Crippen LogP contribution in [0.5, 0.6) is 0 Å². The smallest absolute Gasteiger partial charge is 0.227 e. The molecule has 1 atom stereocenters. The summed E-state index contributed by atoms with van der Waals surface area (Å²) in [5.74, 6) is 1.68. The highest BCUT2D eigenvalue weighted by Gasteiger charge is 2.24. The summed E-state index contributed by atoms with van der Waals surface area (Å²) >= 11 is 0. The summed E-state index contributed by atoms with van der Waals surface area (Å²) in [4.78, 5) is 20.7. The molecule has 1 aromatic rings. The molecule has 2 aliphatic heterocycles. The van der Waals surface area contributed by atoms with Crippen molar-refractivity contribution < 1.29 is 4.79 Å². The zero-order chi connectivity index (χ0) is 19.9. The highest BCUT2D eigenvalue weighted by molar-refractivity contribution is 14.0. The van der Waals surface area contributed by atoms with Gasteiger partial charge < -0.3 is 15.5 Å². The van der Waals surface area contributed by atoms with Crippen LogP contribution in [-0.2, 0) is 11.3 Å². The first-order valence-electron chi connectivity index (χ1n) is 10.7. The van der Waals surface area contributed by atoms with Crippen molar-refractivity contribution in [1.29, 1.82) is 0 Å². The minimum Gasteiger partial charge on any atom is -0.355 e. The number of amides is 1. The van der Waals surface area contributed by atoms with Crippen LogP contribution in [0.3, 0.4) is 0 Å². The predicted molar refractivity (Wildman–Crippen MR) is 131 cm³/mol. The van der Waals surface area contributed by atoms with Crippen molar-refractivity contribution in [2.75, 3.05) is 38.1 Å². The first-order valence-corrected chi connectivity index (χ1v) is 10.7. The number of hydrogen-bond acceptors (Lipinski definition) is 3. The van der Waals surface area contributed by atoms with Gasteiger partial charge in [0.2, 0.25) is 5.91 Å². The molecular weight excluding hydrogens is 477 g/mol. The minimum atomic E-state index is 0. The highest BCUT2D eigenvalue weighted by Crippen LogP contribution is 2.21. The Balaban J connectivity index is 0.00000300. The van der Waals surface area contributed by atoms with Gasteiger partial charge in [-0.3, -0.25) is 14.7 Å². The number of nitrogens with one attached hydrogen (secondary N) is 2. The lowest BCUT2D eigenvalue weighted by Gasteiger charge is -2.31. The van der Waals surface area contributed by atoms with E-state index in [4.69, 9.17) is 0 Å². The van der Waals surface area contributed by atoms with Crippen LogP contribution < -0.4 is 15.5 Å². The second-order valence-electron chi connectivity index (χ2n) is 8.18. The van der Waals surface area contributed by atoms with Gasteiger partial charge in [0.25, 0.3) is 0 Å². The van der Waals surface area contributed by atoms with Gasteiger partial charge >= 0.3 is 0 Å². The second-order valence-corrected chi connectivity index (χ2v) is 8.18. The molecule has 29 heavy (non-hydrogen) atoms. The predicted octanol–water partition coefficient (Wildman–Crippen LogP) is 3.22. The molecule has 6 nitrogen and oxygen atoms in total. The molecule has 0 spiro atoms. The van der Waals surface area contributed by atoms with Gasteiger partial charge in [-0.15, -0.1) is 24.0 Å². The summed E-state index contributed by atoms with van der Waals surface area (Å²) in [5.41, 5.74) is 2.18. The maximum absolute atomic E-state index is 11.9. The standard InChI is InChI=1S/C22H35N5O.HI/c1-17(2)20(26-12-4-5-13-26)16-25-22(23-3)24-15-18-8-10-19(11-9-18)27-14-6-7-21(27)28;/h8-11,17,20H,4-7,12-16H2,1-3H3,(H2,23,24,25);1H. The molecule has 1 unspecified atom stereocenters. The third-order valence-corrected chi connectivity index (χ3v) is 5.86. The Hall–Kier alpha value is -1.35. The van der Waals surface area contributed by atoms with Crippen molar-refractivity contribution >= 4 is 41.5 Å². The van der Waals surface area contributed by atoms with E-state index in [9.17, 15) is 4.79 Å². The van der Waals surface area contributed by atoms with E-state index in [-0.39, 0.29) is 29.9 Å². The normalized spacial score (nSPS) is 18.8. The van der Waals surface area contributed by atoms with Gasteiger partial charge in [0.05, 0.1) is 0 Å². The molecule has 1 aromatic carbocycles. The fourth-order valence-corrected chi connectivity index (χ4v) is 4.18. The molecule has 162 valence electrons. The molecule has 0 saturated carbocycles. The van der Waals surface area contributed by atoms with Gasteiger partial charge in [0.1, 0.15) is 0 Å². The van der Waals surface area contributed by atoms with Gasteiger partial charge in [0.15, 0.2) is 5.96 Å². The topological polar surface area (TPSA) is 60.0 Å². The molecule has 2 N–H and O–H groups in total. The van der Waals surface area contributed by atoms with Gasteiger partial charge in [-0.1, -0.05) is 26.0 Å². The summed E-state index contributed by atoms with van der Waals surface area (Å²) in [6.45, 7) is 9.48. The van der Waals surface area contributed by atoms with E-state index in [1.54, 1.807) is 0 Å². The van der Waals surface area contributed by atoms with E-state index < -0.39 is 0 Å². The fraction of sp³-hybridized carbons (Fsp3) is 0.636. The van der Waals surface area contributed by atoms with Crippen molar-refractivity contribution in [3.63, 3.8) is 0 Å². The maximum Gasteiger partial charge on any atom is 0.227 e. The minimum absolute atomic E-state index is 0. The Morgan fingerprint density at radius 3 is 2.31 bits per heavy atom.